The summed E-state index contributed by atoms with van der Waals surface area (Å²) in [7, 11) is 1.25. The number of halogens is 2. The molecular weight excluding hydrogens is 532 g/mol. The lowest BCUT2D eigenvalue weighted by molar-refractivity contribution is -0.132. The highest BCUT2D eigenvalue weighted by Crippen LogP contribution is 2.44. The Labute approximate surface area is 206 Å². The Kier molecular flexibility index (Phi) is 6.38. The van der Waals surface area contributed by atoms with E-state index < -0.39 is 23.7 Å². The molecule has 1 aromatic heterocycles. The van der Waals surface area contributed by atoms with Gasteiger partial charge in [-0.05, 0) is 48.9 Å². The van der Waals surface area contributed by atoms with Crippen LogP contribution >= 0.6 is 38.9 Å². The molecule has 1 amide bonds. The summed E-state index contributed by atoms with van der Waals surface area (Å²) in [6.07, 6.45) is 0. The number of anilines is 1. The number of hydrogen-bond acceptors (Lipinski definition) is 7. The van der Waals surface area contributed by atoms with Gasteiger partial charge in [0.2, 0.25) is 0 Å². The molecule has 2 heterocycles. The normalized spacial score (nSPS) is 17.5. The molecule has 1 aliphatic heterocycles. The van der Waals surface area contributed by atoms with E-state index in [1.807, 2.05) is 0 Å². The van der Waals surface area contributed by atoms with Crippen molar-refractivity contribution in [3.05, 3.63) is 85.3 Å². The van der Waals surface area contributed by atoms with Crippen molar-refractivity contribution in [2.24, 2.45) is 0 Å². The Bertz CT molecular complexity index is 1300. The van der Waals surface area contributed by atoms with E-state index in [2.05, 4.69) is 20.9 Å². The number of Topliss-reactive ketones (excluding diaryl/α,β-unsaturated/α-hetero) is 1. The van der Waals surface area contributed by atoms with E-state index >= 15 is 0 Å². The standard InChI is InChI=1S/C23H16BrClN2O5S/c1-11-20(22(31)32-2)33-23(26-11)27-17(12-3-7-14(24)8-4-12)16(19(29)21(27)30)18(28)13-5-9-15(25)10-6-13/h3-10,17,28H,1-2H3/b18-16+/t17-/m1/s1. The summed E-state index contributed by atoms with van der Waals surface area (Å²) in [6, 6.07) is 12.3. The third-order valence-corrected chi connectivity index (χ3v) is 7.03. The lowest BCUT2D eigenvalue weighted by atomic mass is 9.95. The number of aryl methyl sites for hydroxylation is 1. The van der Waals surface area contributed by atoms with Crippen molar-refractivity contribution in [1.82, 2.24) is 4.98 Å². The quantitative estimate of drug-likeness (QED) is 0.207. The molecule has 0 bridgehead atoms. The summed E-state index contributed by atoms with van der Waals surface area (Å²) in [5.74, 6) is -2.64. The third-order valence-electron chi connectivity index (χ3n) is 5.11. The summed E-state index contributed by atoms with van der Waals surface area (Å²) in [5.41, 5.74) is 1.21. The van der Waals surface area contributed by atoms with Gasteiger partial charge in [0, 0.05) is 15.1 Å². The zero-order valence-electron chi connectivity index (χ0n) is 17.3. The van der Waals surface area contributed by atoms with E-state index in [1.165, 1.54) is 12.0 Å². The number of hydrogen-bond donors (Lipinski definition) is 1. The highest BCUT2D eigenvalue weighted by atomic mass is 79.9. The summed E-state index contributed by atoms with van der Waals surface area (Å²) < 4.78 is 5.59. The summed E-state index contributed by atoms with van der Waals surface area (Å²) in [5, 5.41) is 11.7. The number of esters is 1. The Morgan fingerprint density at radius 2 is 1.79 bits per heavy atom. The molecule has 0 unspecified atom stereocenters. The van der Waals surface area contributed by atoms with Gasteiger partial charge in [0.15, 0.2) is 5.13 Å². The fourth-order valence-electron chi connectivity index (χ4n) is 3.52. The number of benzene rings is 2. The van der Waals surface area contributed by atoms with Crippen molar-refractivity contribution < 1.29 is 24.2 Å². The maximum Gasteiger partial charge on any atom is 0.350 e. The Morgan fingerprint density at radius 1 is 1.15 bits per heavy atom. The van der Waals surface area contributed by atoms with Gasteiger partial charge < -0.3 is 9.84 Å². The van der Waals surface area contributed by atoms with E-state index in [1.54, 1.807) is 55.5 Å². The molecule has 1 N–H and O–H groups in total. The van der Waals surface area contributed by atoms with Crippen molar-refractivity contribution in [3.8, 4) is 0 Å². The van der Waals surface area contributed by atoms with Crippen molar-refractivity contribution in [2.75, 3.05) is 12.0 Å². The number of thiazole rings is 1. The maximum absolute atomic E-state index is 13.2. The molecule has 7 nitrogen and oxygen atoms in total. The van der Waals surface area contributed by atoms with E-state index in [0.29, 0.717) is 21.8 Å². The van der Waals surface area contributed by atoms with Crippen LogP contribution in [0.3, 0.4) is 0 Å². The van der Waals surface area contributed by atoms with Crippen LogP contribution in [0.1, 0.15) is 32.5 Å². The number of aliphatic hydroxyl groups excluding tert-OH is 1. The van der Waals surface area contributed by atoms with Crippen LogP contribution in [0.25, 0.3) is 5.76 Å². The Balaban J connectivity index is 1.93. The van der Waals surface area contributed by atoms with Crippen LogP contribution in [-0.2, 0) is 14.3 Å². The van der Waals surface area contributed by atoms with E-state index in [4.69, 9.17) is 16.3 Å². The highest BCUT2D eigenvalue weighted by Gasteiger charge is 2.48. The van der Waals surface area contributed by atoms with Crippen molar-refractivity contribution in [1.29, 1.82) is 0 Å². The molecule has 33 heavy (non-hydrogen) atoms. The molecule has 10 heteroatoms. The van der Waals surface area contributed by atoms with Crippen LogP contribution in [0.15, 0.2) is 58.6 Å². The zero-order chi connectivity index (χ0) is 23.9. The van der Waals surface area contributed by atoms with Crippen LogP contribution in [0.4, 0.5) is 5.13 Å². The number of methoxy groups -OCH3 is 1. The Morgan fingerprint density at radius 3 is 2.39 bits per heavy atom. The van der Waals surface area contributed by atoms with Gasteiger partial charge in [-0.1, -0.05) is 51.0 Å². The predicted molar refractivity (Wildman–Crippen MR) is 129 cm³/mol. The third kappa shape index (κ3) is 4.19. The molecule has 1 fully saturated rings. The fraction of sp³-hybridized carbons (Fsp3) is 0.130. The SMILES string of the molecule is COC(=O)c1sc(N2C(=O)C(=O)/C(=C(/O)c3ccc(Cl)cc3)[C@H]2c2ccc(Br)cc2)nc1C. The molecule has 2 aromatic carbocycles. The number of aromatic nitrogens is 1. The monoisotopic (exact) mass is 546 g/mol. The van der Waals surface area contributed by atoms with Crippen LogP contribution in [0.2, 0.25) is 5.02 Å². The first-order valence-corrected chi connectivity index (χ1v) is 11.6. The van der Waals surface area contributed by atoms with Crippen molar-refractivity contribution >= 4 is 67.4 Å². The molecule has 4 rings (SSSR count). The second-order valence-corrected chi connectivity index (χ2v) is 9.46. The van der Waals surface area contributed by atoms with Crippen LogP contribution in [0, 0.1) is 6.92 Å². The molecule has 1 saturated heterocycles. The van der Waals surface area contributed by atoms with E-state index in [0.717, 1.165) is 15.8 Å². The van der Waals surface area contributed by atoms with Crippen LogP contribution in [0.5, 0.6) is 0 Å². The van der Waals surface area contributed by atoms with Crippen molar-refractivity contribution in [3.63, 3.8) is 0 Å². The summed E-state index contributed by atoms with van der Waals surface area (Å²) >= 11 is 10.3. The topological polar surface area (TPSA) is 96.8 Å². The van der Waals surface area contributed by atoms with Gasteiger partial charge in [0.05, 0.1) is 24.4 Å². The second-order valence-electron chi connectivity index (χ2n) is 7.13. The molecule has 3 aromatic rings. The lowest BCUT2D eigenvalue weighted by Gasteiger charge is -2.23. The molecule has 0 saturated carbocycles. The first-order chi connectivity index (χ1) is 15.7. The van der Waals surface area contributed by atoms with Gasteiger partial charge in [-0.3, -0.25) is 14.5 Å². The first-order valence-electron chi connectivity index (χ1n) is 9.61. The van der Waals surface area contributed by atoms with Crippen molar-refractivity contribution in [2.45, 2.75) is 13.0 Å². The average molecular weight is 548 g/mol. The van der Waals surface area contributed by atoms with E-state index in [9.17, 15) is 19.5 Å². The van der Waals surface area contributed by atoms with Crippen LogP contribution in [-0.4, -0.2) is 34.9 Å². The van der Waals surface area contributed by atoms with Crippen LogP contribution < -0.4 is 4.90 Å². The van der Waals surface area contributed by atoms with Gasteiger partial charge >= 0.3 is 11.9 Å². The van der Waals surface area contributed by atoms with Gasteiger partial charge in [0.1, 0.15) is 10.6 Å². The molecule has 168 valence electrons. The number of rotatable bonds is 4. The number of aliphatic hydroxyl groups is 1. The second kappa shape index (κ2) is 9.09. The number of ketones is 1. The molecule has 0 radical (unpaired) electrons. The molecular formula is C23H16BrClN2O5S. The minimum absolute atomic E-state index is 0.0860. The van der Waals surface area contributed by atoms with Gasteiger partial charge in [-0.15, -0.1) is 0 Å². The predicted octanol–water partition coefficient (Wildman–Crippen LogP) is 5.28. The number of ether oxygens (including phenoxy) is 1. The number of carbonyl (C=O) groups is 3. The average Bonchev–Trinajstić information content (AvgIpc) is 3.31. The van der Waals surface area contributed by atoms with Gasteiger partial charge in [0.25, 0.3) is 5.78 Å². The lowest BCUT2D eigenvalue weighted by Crippen LogP contribution is -2.29. The van der Waals surface area contributed by atoms with Gasteiger partial charge in [-0.25, -0.2) is 9.78 Å². The first kappa shape index (κ1) is 23.2. The molecule has 0 spiro atoms. The zero-order valence-corrected chi connectivity index (χ0v) is 20.5. The molecule has 0 aliphatic carbocycles. The largest absolute Gasteiger partial charge is 0.507 e. The summed E-state index contributed by atoms with van der Waals surface area (Å²) in [4.78, 5) is 44.2. The number of carbonyl (C=O) groups excluding carboxylic acids is 3. The number of nitrogens with zero attached hydrogens (tertiary/aromatic N) is 2. The smallest absolute Gasteiger partial charge is 0.350 e. The fourth-order valence-corrected chi connectivity index (χ4v) is 4.92. The Hall–Kier alpha value is -3.01. The minimum atomic E-state index is -0.954. The molecule has 1 atom stereocenters. The number of amides is 1. The highest BCUT2D eigenvalue weighted by molar-refractivity contribution is 9.10. The maximum atomic E-state index is 13.2. The summed E-state index contributed by atoms with van der Waals surface area (Å²) in [6.45, 7) is 1.62. The van der Waals surface area contributed by atoms with Gasteiger partial charge in [-0.2, -0.15) is 0 Å². The van der Waals surface area contributed by atoms with E-state index in [-0.39, 0.29) is 21.3 Å². The molecule has 1 aliphatic rings. The minimum Gasteiger partial charge on any atom is -0.507 e.